The van der Waals surface area contributed by atoms with E-state index in [0.717, 1.165) is 31.4 Å². The highest BCUT2D eigenvalue weighted by Crippen LogP contribution is 2.47. The minimum atomic E-state index is -3.93. The van der Waals surface area contributed by atoms with Crippen LogP contribution in [0.1, 0.15) is 73.0 Å². The van der Waals surface area contributed by atoms with Gasteiger partial charge in [0, 0.05) is 36.9 Å². The summed E-state index contributed by atoms with van der Waals surface area (Å²) in [5.74, 6) is -1.02. The molecule has 2 saturated carbocycles. The smallest absolute Gasteiger partial charge is 0.267 e. The highest BCUT2D eigenvalue weighted by atomic mass is 35.5. The molecular weight excluding hydrogens is 642 g/mol. The molecule has 1 aromatic heterocycles. The quantitative estimate of drug-likeness (QED) is 0.296. The van der Waals surface area contributed by atoms with E-state index < -0.39 is 27.0 Å². The lowest BCUT2D eigenvalue weighted by Crippen LogP contribution is -2.45. The van der Waals surface area contributed by atoms with Crippen LogP contribution in [0.5, 0.6) is 0 Å². The van der Waals surface area contributed by atoms with Gasteiger partial charge in [-0.2, -0.15) is 5.10 Å². The van der Waals surface area contributed by atoms with Crippen molar-refractivity contribution in [2.75, 3.05) is 18.1 Å². The Balaban J connectivity index is 1.03. The van der Waals surface area contributed by atoms with Crippen LogP contribution in [0.25, 0.3) is 5.69 Å². The Kier molecular flexibility index (Phi) is 8.35. The largest absolute Gasteiger partial charge is 0.381 e. The molecule has 9 nitrogen and oxygen atoms in total. The number of para-hydroxylation sites is 1. The zero-order valence-corrected chi connectivity index (χ0v) is 27.1. The zero-order valence-electron chi connectivity index (χ0n) is 24.8. The summed E-state index contributed by atoms with van der Waals surface area (Å²) in [5, 5.41) is 4.97. The Morgan fingerprint density at radius 3 is 2.51 bits per heavy atom. The lowest BCUT2D eigenvalue weighted by molar-refractivity contribution is 0.00148. The monoisotopic (exact) mass is 676 g/mol. The summed E-state index contributed by atoms with van der Waals surface area (Å²) >= 11 is 13.1. The molecule has 2 aliphatic heterocycles. The number of benzene rings is 2. The molecule has 0 unspecified atom stereocenters. The number of halogens is 3. The lowest BCUT2D eigenvalue weighted by Gasteiger charge is -2.39. The van der Waals surface area contributed by atoms with Gasteiger partial charge in [0.25, 0.3) is 5.91 Å². The number of hydrogen-bond donors (Lipinski definition) is 1. The van der Waals surface area contributed by atoms with Crippen molar-refractivity contribution in [3.05, 3.63) is 75.3 Å². The molecule has 2 bridgehead atoms. The molecule has 3 aromatic rings. The van der Waals surface area contributed by atoms with Crippen molar-refractivity contribution in [1.29, 1.82) is 0 Å². The van der Waals surface area contributed by atoms with E-state index in [4.69, 9.17) is 32.7 Å². The summed E-state index contributed by atoms with van der Waals surface area (Å²) in [4.78, 5) is 15.0. The second-order valence-corrected chi connectivity index (χ2v) is 15.3. The average Bonchev–Trinajstić information content (AvgIpc) is 3.52. The topological polar surface area (TPSA) is 103 Å². The van der Waals surface area contributed by atoms with Crippen LogP contribution in [0.4, 0.5) is 10.1 Å². The van der Waals surface area contributed by atoms with Crippen LogP contribution in [0.3, 0.4) is 0 Å². The predicted molar refractivity (Wildman–Crippen MR) is 169 cm³/mol. The molecule has 2 saturated heterocycles. The van der Waals surface area contributed by atoms with Crippen LogP contribution in [0.2, 0.25) is 10.0 Å². The number of sulfonamides is 1. The molecule has 4 fully saturated rings. The van der Waals surface area contributed by atoms with Gasteiger partial charge in [-0.25, -0.2) is 22.2 Å². The number of carbonyl (C=O) groups excluding carboxylic acids is 1. The molecule has 2 aromatic carbocycles. The first kappa shape index (κ1) is 30.9. The maximum Gasteiger partial charge on any atom is 0.267 e. The van der Waals surface area contributed by atoms with Gasteiger partial charge in [0.05, 0.1) is 45.5 Å². The highest BCUT2D eigenvalue weighted by molar-refractivity contribution is 7.90. The van der Waals surface area contributed by atoms with Gasteiger partial charge in [-0.05, 0) is 87.3 Å². The second kappa shape index (κ2) is 12.2. The van der Waals surface area contributed by atoms with Crippen molar-refractivity contribution in [1.82, 2.24) is 14.5 Å². The minimum absolute atomic E-state index is 0.0173. The van der Waals surface area contributed by atoms with E-state index in [9.17, 15) is 13.2 Å². The second-order valence-electron chi connectivity index (χ2n) is 12.5. The normalized spacial score (nSPS) is 25.2. The molecule has 0 spiro atoms. The molecule has 4 aliphatic rings. The molecule has 3 heterocycles. The number of amides is 1. The number of fused-ring (bicyclic) bond motifs is 2. The fourth-order valence-corrected chi connectivity index (χ4v) is 9.26. The number of aromatic nitrogens is 2. The maximum atomic E-state index is 15.3. The summed E-state index contributed by atoms with van der Waals surface area (Å²) in [6.07, 6.45) is 6.45. The Hall–Kier alpha value is -2.70. The molecule has 1 amide bonds. The zero-order chi connectivity index (χ0) is 31.5. The van der Waals surface area contributed by atoms with E-state index in [0.29, 0.717) is 60.0 Å². The van der Waals surface area contributed by atoms with E-state index >= 15 is 4.39 Å². The minimum Gasteiger partial charge on any atom is -0.381 e. The van der Waals surface area contributed by atoms with Crippen LogP contribution in [-0.4, -0.2) is 60.8 Å². The summed E-state index contributed by atoms with van der Waals surface area (Å²) in [7, 11) is -3.93. The lowest BCUT2D eigenvalue weighted by atomic mass is 9.96. The number of hydrogen-bond acceptors (Lipinski definition) is 7. The summed E-state index contributed by atoms with van der Waals surface area (Å²) in [5.41, 5.74) is 3.16. The molecule has 4 atom stereocenters. The van der Waals surface area contributed by atoms with Crippen molar-refractivity contribution >= 4 is 44.8 Å². The van der Waals surface area contributed by atoms with E-state index in [-0.39, 0.29) is 29.7 Å². The number of ether oxygens (including phenoxy) is 2. The van der Waals surface area contributed by atoms with Gasteiger partial charge >= 0.3 is 0 Å². The van der Waals surface area contributed by atoms with Crippen molar-refractivity contribution in [2.45, 2.75) is 81.4 Å². The number of piperidine rings is 1. The number of rotatable bonds is 9. The van der Waals surface area contributed by atoms with Crippen LogP contribution >= 0.6 is 23.2 Å². The predicted octanol–water partition coefficient (Wildman–Crippen LogP) is 6.01. The fourth-order valence-electron chi connectivity index (χ4n) is 7.36. The first-order chi connectivity index (χ1) is 21.6. The van der Waals surface area contributed by atoms with Crippen LogP contribution < -0.4 is 9.62 Å². The third-order valence-corrected chi connectivity index (χ3v) is 12.2. The molecule has 2 aliphatic carbocycles. The standard InChI is InChI=1S/C32H35Cl2FN4O5S/c1-18-24-13-21(38(18)20-7-8-23(28(35)14-20)32(40)37-45(41,42)22-9-11-43-12-10-22)15-30(24)44-17-29-25(19-5-6-19)16-36-39(29)31-26(33)3-2-4-27(31)34/h2-4,7-8,14,16,18-19,21-22,24,30H,5-6,9-13,15,17H2,1H3,(H,37,40)/t18-,21+,24+,30+/m1/s1. The summed E-state index contributed by atoms with van der Waals surface area (Å²) in [6, 6.07) is 10.0. The summed E-state index contributed by atoms with van der Waals surface area (Å²) in [6.45, 7) is 3.12. The number of nitrogens with one attached hydrogen (secondary N) is 1. The van der Waals surface area contributed by atoms with Gasteiger partial charge in [-0.15, -0.1) is 0 Å². The van der Waals surface area contributed by atoms with Gasteiger partial charge in [0.1, 0.15) is 11.5 Å². The van der Waals surface area contributed by atoms with E-state index in [1.807, 2.05) is 16.9 Å². The first-order valence-corrected chi connectivity index (χ1v) is 17.8. The van der Waals surface area contributed by atoms with E-state index in [1.165, 1.54) is 17.7 Å². The molecule has 1 N–H and O–H groups in total. The Labute approximate surface area is 272 Å². The Bertz CT molecular complexity index is 1700. The first-order valence-electron chi connectivity index (χ1n) is 15.5. The molecule has 7 rings (SSSR count). The molecule has 13 heteroatoms. The Morgan fingerprint density at radius 2 is 1.84 bits per heavy atom. The van der Waals surface area contributed by atoms with Gasteiger partial charge in [-0.3, -0.25) is 4.79 Å². The molecule has 45 heavy (non-hydrogen) atoms. The highest BCUT2D eigenvalue weighted by Gasteiger charge is 2.50. The maximum absolute atomic E-state index is 15.3. The van der Waals surface area contributed by atoms with Crippen molar-refractivity contribution in [3.63, 3.8) is 0 Å². The molecule has 0 radical (unpaired) electrons. The van der Waals surface area contributed by atoms with Gasteiger partial charge < -0.3 is 14.4 Å². The van der Waals surface area contributed by atoms with Gasteiger partial charge in [0.15, 0.2) is 0 Å². The van der Waals surface area contributed by atoms with E-state index in [1.54, 1.807) is 18.2 Å². The Morgan fingerprint density at radius 1 is 1.11 bits per heavy atom. The number of anilines is 1. The molecular formula is C32H35Cl2FN4O5S. The van der Waals surface area contributed by atoms with Crippen molar-refractivity contribution < 1.29 is 27.1 Å². The van der Waals surface area contributed by atoms with Crippen molar-refractivity contribution in [3.8, 4) is 5.69 Å². The third kappa shape index (κ3) is 5.86. The van der Waals surface area contributed by atoms with E-state index in [2.05, 4.69) is 21.6 Å². The van der Waals surface area contributed by atoms with Crippen LogP contribution in [-0.2, 0) is 26.1 Å². The number of carbonyl (C=O) groups is 1. The van der Waals surface area contributed by atoms with Crippen LogP contribution in [0, 0.1) is 11.7 Å². The van der Waals surface area contributed by atoms with Crippen molar-refractivity contribution in [2.24, 2.45) is 5.92 Å². The van der Waals surface area contributed by atoms with Gasteiger partial charge in [0.2, 0.25) is 10.0 Å². The molecule has 240 valence electrons. The van der Waals surface area contributed by atoms with Gasteiger partial charge in [-0.1, -0.05) is 29.3 Å². The van der Waals surface area contributed by atoms with Crippen LogP contribution in [0.15, 0.2) is 42.6 Å². The number of nitrogens with zero attached hydrogens (tertiary/aromatic N) is 3. The average molecular weight is 678 g/mol. The SMILES string of the molecule is C[C@@H]1[C@@H]2C[C@@H](C[C@@H]2OCc2c(C3CC3)cnn2-c2c(Cl)cccc2Cl)N1c1ccc(C(=O)NS(=O)(=O)C2CCOCC2)c(F)c1. The summed E-state index contributed by atoms with van der Waals surface area (Å²) < 4.78 is 56.3. The third-order valence-electron chi connectivity index (χ3n) is 9.82. The fraction of sp³-hybridized carbons (Fsp3) is 0.500.